The third-order valence-electron chi connectivity index (χ3n) is 2.89. The minimum Gasteiger partial charge on any atom is -0.389 e. The Balaban J connectivity index is 2.21. The van der Waals surface area contributed by atoms with Crippen LogP contribution in [0.5, 0.6) is 0 Å². The van der Waals surface area contributed by atoms with Gasteiger partial charge in [0.2, 0.25) is 0 Å². The molecule has 0 atom stereocenters. The molecule has 0 saturated carbocycles. The molecule has 0 unspecified atom stereocenters. The summed E-state index contributed by atoms with van der Waals surface area (Å²) in [6, 6.07) is 8.66. The minimum absolute atomic E-state index is 0.213. The number of thiocarbonyl (C=S) groups is 1. The van der Waals surface area contributed by atoms with Crippen LogP contribution in [0.15, 0.2) is 34.9 Å². The van der Waals surface area contributed by atoms with Gasteiger partial charge >= 0.3 is 0 Å². The van der Waals surface area contributed by atoms with Gasteiger partial charge in [0.15, 0.2) is 11.5 Å². The molecule has 21 heavy (non-hydrogen) atoms. The maximum absolute atomic E-state index is 12.3. The molecule has 0 aliphatic rings. The standard InChI is InChI=1S/C14H15N3O3S/c1-17(10-5-3-4-9(6-10)13(15)21)14(18)12-7-11(8-19-2)20-16-12/h3-7H,8H2,1-2H3,(H2,15,21). The van der Waals surface area contributed by atoms with E-state index in [1.165, 1.54) is 12.0 Å². The zero-order chi connectivity index (χ0) is 15.4. The number of benzene rings is 1. The Morgan fingerprint density at radius 3 is 2.90 bits per heavy atom. The average molecular weight is 305 g/mol. The molecule has 0 aliphatic carbocycles. The quantitative estimate of drug-likeness (QED) is 0.847. The number of ether oxygens (including phenoxy) is 1. The number of anilines is 1. The van der Waals surface area contributed by atoms with Crippen LogP contribution in [-0.4, -0.2) is 30.2 Å². The summed E-state index contributed by atoms with van der Waals surface area (Å²) < 4.78 is 9.93. The van der Waals surface area contributed by atoms with Gasteiger partial charge in [-0.2, -0.15) is 0 Å². The molecular formula is C14H15N3O3S. The molecule has 2 N–H and O–H groups in total. The van der Waals surface area contributed by atoms with E-state index in [1.807, 2.05) is 0 Å². The van der Waals surface area contributed by atoms with Crippen LogP contribution < -0.4 is 10.6 Å². The fourth-order valence-electron chi connectivity index (χ4n) is 1.78. The molecular weight excluding hydrogens is 290 g/mol. The van der Waals surface area contributed by atoms with Gasteiger partial charge in [-0.05, 0) is 12.1 Å². The molecule has 0 aliphatic heterocycles. The van der Waals surface area contributed by atoms with Crippen molar-refractivity contribution in [1.29, 1.82) is 0 Å². The minimum atomic E-state index is -0.291. The first-order chi connectivity index (χ1) is 10.0. The van der Waals surface area contributed by atoms with Gasteiger partial charge in [0.1, 0.15) is 11.6 Å². The lowest BCUT2D eigenvalue weighted by molar-refractivity contribution is 0.0983. The van der Waals surface area contributed by atoms with E-state index in [0.29, 0.717) is 17.0 Å². The second-order valence-electron chi connectivity index (χ2n) is 4.39. The van der Waals surface area contributed by atoms with E-state index in [2.05, 4.69) is 5.16 Å². The van der Waals surface area contributed by atoms with Crippen molar-refractivity contribution in [3.8, 4) is 0 Å². The maximum Gasteiger partial charge on any atom is 0.280 e. The predicted octanol–water partition coefficient (Wildman–Crippen LogP) is 1.73. The molecule has 0 bridgehead atoms. The largest absolute Gasteiger partial charge is 0.389 e. The van der Waals surface area contributed by atoms with E-state index in [1.54, 1.807) is 37.4 Å². The van der Waals surface area contributed by atoms with Crippen LogP contribution >= 0.6 is 12.2 Å². The number of hydrogen-bond acceptors (Lipinski definition) is 5. The fourth-order valence-corrected chi connectivity index (χ4v) is 1.91. The van der Waals surface area contributed by atoms with Crippen molar-refractivity contribution in [3.63, 3.8) is 0 Å². The molecule has 0 spiro atoms. The monoisotopic (exact) mass is 305 g/mol. The van der Waals surface area contributed by atoms with E-state index < -0.39 is 0 Å². The number of amides is 1. The van der Waals surface area contributed by atoms with Crippen LogP contribution in [-0.2, 0) is 11.3 Å². The highest BCUT2D eigenvalue weighted by molar-refractivity contribution is 7.80. The van der Waals surface area contributed by atoms with Gasteiger partial charge in [0.05, 0.1) is 0 Å². The van der Waals surface area contributed by atoms with Gasteiger partial charge < -0.3 is 19.9 Å². The molecule has 1 aromatic carbocycles. The number of nitrogens with two attached hydrogens (primary N) is 1. The van der Waals surface area contributed by atoms with Crippen molar-refractivity contribution in [1.82, 2.24) is 5.16 Å². The zero-order valence-corrected chi connectivity index (χ0v) is 12.5. The summed E-state index contributed by atoms with van der Waals surface area (Å²) in [6.07, 6.45) is 0. The maximum atomic E-state index is 12.3. The van der Waals surface area contributed by atoms with Gasteiger partial charge in [-0.25, -0.2) is 0 Å². The molecule has 2 rings (SSSR count). The Bertz CT molecular complexity index is 669. The molecule has 2 aromatic rings. The van der Waals surface area contributed by atoms with E-state index in [9.17, 15) is 4.79 Å². The Morgan fingerprint density at radius 1 is 1.48 bits per heavy atom. The third kappa shape index (κ3) is 3.45. The van der Waals surface area contributed by atoms with Crippen molar-refractivity contribution in [2.24, 2.45) is 5.73 Å². The lowest BCUT2D eigenvalue weighted by atomic mass is 10.2. The summed E-state index contributed by atoms with van der Waals surface area (Å²) in [4.78, 5) is 14.1. The Labute approximate surface area is 127 Å². The van der Waals surface area contributed by atoms with Crippen LogP contribution in [0.1, 0.15) is 21.8 Å². The number of aromatic nitrogens is 1. The first kappa shape index (κ1) is 15.1. The Kier molecular flexibility index (Phi) is 4.66. The average Bonchev–Trinajstić information content (AvgIpc) is 2.95. The van der Waals surface area contributed by atoms with Crippen LogP contribution in [0.25, 0.3) is 0 Å². The summed E-state index contributed by atoms with van der Waals surface area (Å²) in [5.41, 5.74) is 7.17. The molecule has 0 radical (unpaired) electrons. The molecule has 0 fully saturated rings. The summed E-state index contributed by atoms with van der Waals surface area (Å²) in [5, 5.41) is 3.74. The van der Waals surface area contributed by atoms with Gasteiger partial charge in [-0.3, -0.25) is 4.79 Å². The summed E-state index contributed by atoms with van der Waals surface area (Å²) in [5.74, 6) is 0.201. The smallest absolute Gasteiger partial charge is 0.280 e. The molecule has 1 aromatic heterocycles. The van der Waals surface area contributed by atoms with Crippen molar-refractivity contribution >= 4 is 28.8 Å². The summed E-state index contributed by atoms with van der Waals surface area (Å²) in [6.45, 7) is 0.265. The fraction of sp³-hybridized carbons (Fsp3) is 0.214. The molecule has 0 saturated heterocycles. The highest BCUT2D eigenvalue weighted by atomic mass is 32.1. The van der Waals surface area contributed by atoms with Crippen molar-refractivity contribution < 1.29 is 14.1 Å². The van der Waals surface area contributed by atoms with Gasteiger partial charge in [-0.15, -0.1) is 0 Å². The predicted molar refractivity (Wildman–Crippen MR) is 82.3 cm³/mol. The van der Waals surface area contributed by atoms with Crippen molar-refractivity contribution in [3.05, 3.63) is 47.3 Å². The number of hydrogen-bond donors (Lipinski definition) is 1. The lowest BCUT2D eigenvalue weighted by Gasteiger charge is -2.16. The summed E-state index contributed by atoms with van der Waals surface area (Å²) in [7, 11) is 3.18. The van der Waals surface area contributed by atoms with E-state index in [-0.39, 0.29) is 23.2 Å². The van der Waals surface area contributed by atoms with Crippen molar-refractivity contribution in [2.75, 3.05) is 19.1 Å². The normalized spacial score (nSPS) is 10.4. The topological polar surface area (TPSA) is 81.6 Å². The molecule has 110 valence electrons. The van der Waals surface area contributed by atoms with Gasteiger partial charge in [0, 0.05) is 31.5 Å². The van der Waals surface area contributed by atoms with Crippen LogP contribution in [0, 0.1) is 0 Å². The number of nitrogens with zero attached hydrogens (tertiary/aromatic N) is 2. The van der Waals surface area contributed by atoms with Crippen LogP contribution in [0.3, 0.4) is 0 Å². The van der Waals surface area contributed by atoms with E-state index in [0.717, 1.165) is 0 Å². The molecule has 6 nitrogen and oxygen atoms in total. The highest BCUT2D eigenvalue weighted by Crippen LogP contribution is 2.17. The van der Waals surface area contributed by atoms with Crippen LogP contribution in [0.2, 0.25) is 0 Å². The van der Waals surface area contributed by atoms with Crippen LogP contribution in [0.4, 0.5) is 5.69 Å². The second-order valence-corrected chi connectivity index (χ2v) is 4.83. The Morgan fingerprint density at radius 2 is 2.24 bits per heavy atom. The number of rotatable bonds is 5. The molecule has 1 heterocycles. The molecule has 7 heteroatoms. The van der Waals surface area contributed by atoms with Crippen molar-refractivity contribution in [2.45, 2.75) is 6.61 Å². The summed E-state index contributed by atoms with van der Waals surface area (Å²) >= 11 is 4.93. The molecule has 1 amide bonds. The van der Waals surface area contributed by atoms with E-state index >= 15 is 0 Å². The second kappa shape index (κ2) is 6.47. The number of carbonyl (C=O) groups excluding carboxylic acids is 1. The number of carbonyl (C=O) groups is 1. The number of methoxy groups -OCH3 is 1. The zero-order valence-electron chi connectivity index (χ0n) is 11.7. The Hall–Kier alpha value is -2.25. The van der Waals surface area contributed by atoms with E-state index in [4.69, 9.17) is 27.2 Å². The van der Waals surface area contributed by atoms with Gasteiger partial charge in [-0.1, -0.05) is 29.5 Å². The highest BCUT2D eigenvalue weighted by Gasteiger charge is 2.18. The lowest BCUT2D eigenvalue weighted by Crippen LogP contribution is -2.26. The first-order valence-electron chi connectivity index (χ1n) is 6.15. The third-order valence-corrected chi connectivity index (χ3v) is 3.12. The SMILES string of the molecule is COCc1cc(C(=O)N(C)c2cccc(C(N)=S)c2)no1. The van der Waals surface area contributed by atoms with Gasteiger partial charge in [0.25, 0.3) is 5.91 Å². The first-order valence-corrected chi connectivity index (χ1v) is 6.56.